The van der Waals surface area contributed by atoms with E-state index >= 15 is 0 Å². The fourth-order valence-electron chi connectivity index (χ4n) is 2.03. The Hall–Kier alpha value is -0.0900. The van der Waals surface area contributed by atoms with Gasteiger partial charge in [0.05, 0.1) is 5.75 Å². The van der Waals surface area contributed by atoms with Gasteiger partial charge in [-0.2, -0.15) is 0 Å². The first kappa shape index (κ1) is 12.9. The van der Waals surface area contributed by atoms with Crippen molar-refractivity contribution in [1.82, 2.24) is 0 Å². The van der Waals surface area contributed by atoms with Gasteiger partial charge in [0.1, 0.15) is 0 Å². The molecule has 0 saturated carbocycles. The van der Waals surface area contributed by atoms with Gasteiger partial charge in [0, 0.05) is 0 Å². The van der Waals surface area contributed by atoms with E-state index in [1.807, 2.05) is 13.8 Å². The van der Waals surface area contributed by atoms with Crippen LogP contribution in [0.4, 0.5) is 0 Å². The van der Waals surface area contributed by atoms with Gasteiger partial charge in [-0.05, 0) is 11.3 Å². The maximum Gasteiger partial charge on any atom is 0.209 e. The molecule has 0 aliphatic heterocycles. The van der Waals surface area contributed by atoms with Crippen LogP contribution >= 0.6 is 0 Å². The number of rotatable bonds is 5. The van der Waals surface area contributed by atoms with Crippen molar-refractivity contribution in [3.05, 3.63) is 0 Å². The van der Waals surface area contributed by atoms with Crippen molar-refractivity contribution in [2.45, 2.75) is 40.5 Å². The Balaban J connectivity index is 4.55. The zero-order valence-electron chi connectivity index (χ0n) is 9.00. The Morgan fingerprint density at radius 3 is 1.85 bits per heavy atom. The van der Waals surface area contributed by atoms with Crippen molar-refractivity contribution >= 4 is 10.0 Å². The van der Waals surface area contributed by atoms with Crippen molar-refractivity contribution in [3.8, 4) is 0 Å². The topological polar surface area (TPSA) is 60.2 Å². The molecule has 0 unspecified atom stereocenters. The quantitative estimate of drug-likeness (QED) is 0.746. The van der Waals surface area contributed by atoms with Gasteiger partial charge >= 0.3 is 0 Å². The Morgan fingerprint density at radius 2 is 1.62 bits per heavy atom. The van der Waals surface area contributed by atoms with E-state index in [9.17, 15) is 8.42 Å². The van der Waals surface area contributed by atoms with Crippen molar-refractivity contribution < 1.29 is 8.42 Å². The molecule has 0 atom stereocenters. The van der Waals surface area contributed by atoms with Crippen LogP contribution < -0.4 is 5.14 Å². The molecule has 0 rings (SSSR count). The lowest BCUT2D eigenvalue weighted by Gasteiger charge is -2.32. The number of primary sulfonamides is 1. The third-order valence-electron chi connectivity index (χ3n) is 2.66. The fraction of sp³-hybridized carbons (Fsp3) is 1.00. The molecule has 0 spiro atoms. The van der Waals surface area contributed by atoms with Crippen molar-refractivity contribution in [1.29, 1.82) is 0 Å². The standard InChI is InChI=1S/C9H21NO2S/c1-5-8(6-2)9(3,4)7-13(10,11)12/h8H,5-7H2,1-4H3,(H2,10,11,12). The summed E-state index contributed by atoms with van der Waals surface area (Å²) in [5.74, 6) is 0.498. The van der Waals surface area contributed by atoms with E-state index in [4.69, 9.17) is 5.14 Å². The molecule has 0 heterocycles. The Labute approximate surface area is 81.8 Å². The molecule has 13 heavy (non-hydrogen) atoms. The average molecular weight is 207 g/mol. The summed E-state index contributed by atoms with van der Waals surface area (Å²) in [5.41, 5.74) is -0.211. The van der Waals surface area contributed by atoms with E-state index in [2.05, 4.69) is 13.8 Å². The summed E-state index contributed by atoms with van der Waals surface area (Å²) in [6.45, 7) is 8.10. The summed E-state index contributed by atoms with van der Waals surface area (Å²) in [6, 6.07) is 0. The SMILES string of the molecule is CCC(CC)C(C)(C)CS(N)(=O)=O. The predicted molar refractivity (Wildman–Crippen MR) is 55.8 cm³/mol. The van der Waals surface area contributed by atoms with Gasteiger partial charge in [0.25, 0.3) is 0 Å². The van der Waals surface area contributed by atoms with Gasteiger partial charge in [0.15, 0.2) is 0 Å². The molecule has 80 valence electrons. The first-order valence-corrected chi connectivity index (χ1v) is 6.45. The fourth-order valence-corrected chi connectivity index (χ4v) is 3.30. The zero-order chi connectivity index (χ0) is 10.7. The van der Waals surface area contributed by atoms with Crippen LogP contribution in [0.5, 0.6) is 0 Å². The second kappa shape index (κ2) is 4.42. The van der Waals surface area contributed by atoms with Crippen molar-refractivity contribution in [3.63, 3.8) is 0 Å². The lowest BCUT2D eigenvalue weighted by Crippen LogP contribution is -2.34. The van der Waals surface area contributed by atoms with Gasteiger partial charge in [-0.1, -0.05) is 40.5 Å². The number of hydrogen-bond acceptors (Lipinski definition) is 2. The van der Waals surface area contributed by atoms with E-state index in [0.717, 1.165) is 12.8 Å². The maximum absolute atomic E-state index is 11.0. The molecule has 3 nitrogen and oxygen atoms in total. The summed E-state index contributed by atoms with van der Waals surface area (Å²) in [5, 5.41) is 5.04. The normalized spacial score (nSPS) is 13.7. The molecule has 0 aliphatic rings. The van der Waals surface area contributed by atoms with Crippen molar-refractivity contribution in [2.24, 2.45) is 16.5 Å². The zero-order valence-corrected chi connectivity index (χ0v) is 9.82. The van der Waals surface area contributed by atoms with Gasteiger partial charge in [0.2, 0.25) is 10.0 Å². The smallest absolute Gasteiger partial charge is 0.209 e. The van der Waals surface area contributed by atoms with Crippen molar-refractivity contribution in [2.75, 3.05) is 5.75 Å². The van der Waals surface area contributed by atoms with E-state index in [-0.39, 0.29) is 11.2 Å². The first-order valence-electron chi connectivity index (χ1n) is 4.73. The van der Waals surface area contributed by atoms with Crippen LogP contribution in [0.25, 0.3) is 0 Å². The highest BCUT2D eigenvalue weighted by atomic mass is 32.2. The molecule has 0 saturated heterocycles. The minimum absolute atomic E-state index is 0.0757. The maximum atomic E-state index is 11.0. The van der Waals surface area contributed by atoms with Crippen LogP contribution in [0.1, 0.15) is 40.5 Å². The molecular weight excluding hydrogens is 186 g/mol. The highest BCUT2D eigenvalue weighted by Crippen LogP contribution is 2.32. The van der Waals surface area contributed by atoms with Crippen LogP contribution in [0.15, 0.2) is 0 Å². The number of hydrogen-bond donors (Lipinski definition) is 1. The van der Waals surface area contributed by atoms with E-state index in [0.29, 0.717) is 5.92 Å². The second-order valence-electron chi connectivity index (χ2n) is 4.31. The second-order valence-corrected chi connectivity index (χ2v) is 5.92. The number of nitrogens with two attached hydrogens (primary N) is 1. The molecule has 0 amide bonds. The van der Waals surface area contributed by atoms with E-state index in [1.54, 1.807) is 0 Å². The summed E-state index contributed by atoms with van der Waals surface area (Å²) in [7, 11) is -3.35. The largest absolute Gasteiger partial charge is 0.229 e. The Morgan fingerprint density at radius 1 is 1.23 bits per heavy atom. The summed E-state index contributed by atoms with van der Waals surface area (Å²) >= 11 is 0. The highest BCUT2D eigenvalue weighted by Gasteiger charge is 2.30. The Kier molecular flexibility index (Phi) is 4.39. The molecule has 0 fully saturated rings. The number of sulfonamides is 1. The molecule has 0 aromatic heterocycles. The summed E-state index contributed by atoms with van der Waals surface area (Å²) in [6.07, 6.45) is 2.00. The minimum atomic E-state index is -3.35. The molecule has 0 aromatic rings. The molecule has 4 heteroatoms. The lowest BCUT2D eigenvalue weighted by atomic mass is 9.77. The van der Waals surface area contributed by atoms with Gasteiger partial charge in [-0.25, -0.2) is 13.6 Å². The first-order chi connectivity index (χ1) is 5.73. The summed E-state index contributed by atoms with van der Waals surface area (Å²) in [4.78, 5) is 0. The third-order valence-corrected chi connectivity index (χ3v) is 3.81. The van der Waals surface area contributed by atoms with Crippen LogP contribution in [0, 0.1) is 11.3 Å². The summed E-state index contributed by atoms with van der Waals surface area (Å²) < 4.78 is 21.9. The molecule has 0 bridgehead atoms. The minimum Gasteiger partial charge on any atom is -0.229 e. The predicted octanol–water partition coefficient (Wildman–Crippen LogP) is 1.74. The lowest BCUT2D eigenvalue weighted by molar-refractivity contribution is 0.229. The Bertz CT molecular complexity index is 240. The van der Waals surface area contributed by atoms with E-state index < -0.39 is 10.0 Å². The molecule has 0 radical (unpaired) electrons. The molecular formula is C9H21NO2S. The van der Waals surface area contributed by atoms with Gasteiger partial charge in [-0.15, -0.1) is 0 Å². The van der Waals surface area contributed by atoms with E-state index in [1.165, 1.54) is 0 Å². The monoisotopic (exact) mass is 207 g/mol. The van der Waals surface area contributed by atoms with Crippen LogP contribution in [-0.2, 0) is 10.0 Å². The van der Waals surface area contributed by atoms with Crippen LogP contribution in [-0.4, -0.2) is 14.2 Å². The van der Waals surface area contributed by atoms with Gasteiger partial charge < -0.3 is 0 Å². The molecule has 2 N–H and O–H groups in total. The molecule has 0 aliphatic carbocycles. The highest BCUT2D eigenvalue weighted by molar-refractivity contribution is 7.89. The van der Waals surface area contributed by atoms with Crippen LogP contribution in [0.3, 0.4) is 0 Å². The third kappa shape index (κ3) is 4.62. The van der Waals surface area contributed by atoms with Crippen LogP contribution in [0.2, 0.25) is 0 Å². The molecule has 0 aromatic carbocycles. The average Bonchev–Trinajstić information content (AvgIpc) is 1.83. The van der Waals surface area contributed by atoms with Gasteiger partial charge in [-0.3, -0.25) is 0 Å².